The van der Waals surface area contributed by atoms with Crippen molar-refractivity contribution in [3.05, 3.63) is 106 Å². The Hall–Kier alpha value is -3.84. The van der Waals surface area contributed by atoms with E-state index in [1.165, 1.54) is 0 Å². The first kappa shape index (κ1) is 25.3. The molecule has 0 aliphatic heterocycles. The van der Waals surface area contributed by atoms with Crippen LogP contribution in [0.3, 0.4) is 0 Å². The van der Waals surface area contributed by atoms with Crippen LogP contribution in [0.15, 0.2) is 77.8 Å². The third-order valence-electron chi connectivity index (χ3n) is 5.86. The maximum Gasteiger partial charge on any atom is 0.335 e. The molecule has 186 valence electrons. The highest BCUT2D eigenvalue weighted by Gasteiger charge is 2.15. The fourth-order valence-electron chi connectivity index (χ4n) is 3.91. The summed E-state index contributed by atoms with van der Waals surface area (Å²) in [4.78, 5) is 15.6. The standard InChI is InChI=1S/C28H29ClN4O3/c1-3-4-9-26-31-33(25-8-6-5-7-24(25)29)28(30-2)32(26)18-20-12-16-23(17-13-20)36-19-21-10-14-22(15-11-21)27(34)35/h5-8,10-17H,3-4,9,18-19H2,1-2H3,(H,34,35). The Morgan fingerprint density at radius 2 is 1.72 bits per heavy atom. The Balaban J connectivity index is 1.54. The molecule has 4 rings (SSSR count). The van der Waals surface area contributed by atoms with Gasteiger partial charge in [-0.15, -0.1) is 0 Å². The van der Waals surface area contributed by atoms with E-state index < -0.39 is 5.97 Å². The number of halogens is 1. The molecule has 0 saturated heterocycles. The molecule has 4 aromatic rings. The van der Waals surface area contributed by atoms with Crippen molar-refractivity contribution in [2.24, 2.45) is 4.99 Å². The molecule has 3 aromatic carbocycles. The number of carboxylic acid groups (broad SMARTS) is 1. The van der Waals surface area contributed by atoms with Crippen LogP contribution < -0.4 is 10.4 Å². The van der Waals surface area contributed by atoms with Gasteiger partial charge in [-0.05, 0) is 53.9 Å². The SMILES string of the molecule is CCCCc1nn(-c2ccccc2Cl)c(=NC)n1Cc1ccc(OCc2ccc(C(=O)O)cc2)cc1. The van der Waals surface area contributed by atoms with Crippen LogP contribution in [-0.2, 0) is 19.6 Å². The fourth-order valence-corrected chi connectivity index (χ4v) is 4.13. The number of hydrogen-bond donors (Lipinski definition) is 1. The summed E-state index contributed by atoms with van der Waals surface area (Å²) >= 11 is 6.48. The van der Waals surface area contributed by atoms with Crippen LogP contribution in [0.25, 0.3) is 5.69 Å². The van der Waals surface area contributed by atoms with Crippen molar-refractivity contribution in [3.63, 3.8) is 0 Å². The van der Waals surface area contributed by atoms with E-state index >= 15 is 0 Å². The molecule has 0 aliphatic carbocycles. The van der Waals surface area contributed by atoms with Crippen LogP contribution in [0.4, 0.5) is 0 Å². The maximum absolute atomic E-state index is 11.0. The number of nitrogens with zero attached hydrogens (tertiary/aromatic N) is 4. The minimum absolute atomic E-state index is 0.259. The minimum atomic E-state index is -0.940. The first-order valence-electron chi connectivity index (χ1n) is 11.9. The van der Waals surface area contributed by atoms with Crippen LogP contribution in [0, 0.1) is 0 Å². The van der Waals surface area contributed by atoms with E-state index in [9.17, 15) is 4.79 Å². The molecule has 0 unspecified atom stereocenters. The maximum atomic E-state index is 11.0. The van der Waals surface area contributed by atoms with Gasteiger partial charge in [-0.1, -0.05) is 61.3 Å². The number of ether oxygens (including phenoxy) is 1. The van der Waals surface area contributed by atoms with E-state index in [0.717, 1.165) is 53.3 Å². The van der Waals surface area contributed by atoms with Crippen LogP contribution in [0.1, 0.15) is 47.1 Å². The van der Waals surface area contributed by atoms with Crippen molar-refractivity contribution in [1.82, 2.24) is 14.3 Å². The predicted octanol–water partition coefficient (Wildman–Crippen LogP) is 5.53. The summed E-state index contributed by atoms with van der Waals surface area (Å²) in [5.74, 6) is 0.761. The lowest BCUT2D eigenvalue weighted by atomic mass is 10.1. The lowest BCUT2D eigenvalue weighted by molar-refractivity contribution is 0.0697. The van der Waals surface area contributed by atoms with Crippen molar-refractivity contribution in [1.29, 1.82) is 0 Å². The second kappa shape index (κ2) is 11.7. The number of benzene rings is 3. The summed E-state index contributed by atoms with van der Waals surface area (Å²) < 4.78 is 9.85. The second-order valence-corrected chi connectivity index (χ2v) is 8.83. The van der Waals surface area contributed by atoms with Crippen molar-refractivity contribution in [3.8, 4) is 11.4 Å². The van der Waals surface area contributed by atoms with Gasteiger partial charge in [0.05, 0.1) is 22.8 Å². The summed E-state index contributed by atoms with van der Waals surface area (Å²) in [6.07, 6.45) is 2.95. The monoisotopic (exact) mass is 504 g/mol. The molecule has 0 atom stereocenters. The van der Waals surface area contributed by atoms with E-state index in [1.54, 1.807) is 31.3 Å². The Morgan fingerprint density at radius 1 is 1.03 bits per heavy atom. The van der Waals surface area contributed by atoms with E-state index in [0.29, 0.717) is 18.2 Å². The van der Waals surface area contributed by atoms with Gasteiger partial charge >= 0.3 is 5.97 Å². The van der Waals surface area contributed by atoms with Crippen LogP contribution in [0.2, 0.25) is 5.02 Å². The number of hydrogen-bond acceptors (Lipinski definition) is 4. The van der Waals surface area contributed by atoms with Gasteiger partial charge in [-0.25, -0.2) is 4.79 Å². The summed E-state index contributed by atoms with van der Waals surface area (Å²) in [5, 5.41) is 14.5. The Kier molecular flexibility index (Phi) is 8.23. The number of aryl methyl sites for hydroxylation is 1. The first-order chi connectivity index (χ1) is 17.5. The Morgan fingerprint density at radius 3 is 2.36 bits per heavy atom. The number of para-hydroxylation sites is 1. The summed E-state index contributed by atoms with van der Waals surface area (Å²) in [6.45, 7) is 3.14. The summed E-state index contributed by atoms with van der Waals surface area (Å²) in [6, 6.07) is 22.3. The van der Waals surface area contributed by atoms with Crippen molar-refractivity contribution >= 4 is 17.6 Å². The van der Waals surface area contributed by atoms with Gasteiger partial charge in [0.2, 0.25) is 5.62 Å². The smallest absolute Gasteiger partial charge is 0.335 e. The van der Waals surface area contributed by atoms with Gasteiger partial charge in [-0.3, -0.25) is 9.56 Å². The number of aromatic nitrogens is 3. The van der Waals surface area contributed by atoms with Crippen LogP contribution >= 0.6 is 11.6 Å². The summed E-state index contributed by atoms with van der Waals surface area (Å²) in [7, 11) is 1.77. The molecular weight excluding hydrogens is 476 g/mol. The van der Waals surface area contributed by atoms with Gasteiger partial charge in [0.25, 0.3) is 0 Å². The molecule has 0 amide bonds. The van der Waals surface area contributed by atoms with E-state index in [-0.39, 0.29) is 5.56 Å². The lowest BCUT2D eigenvalue weighted by Crippen LogP contribution is -2.27. The number of carbonyl (C=O) groups is 1. The highest BCUT2D eigenvalue weighted by atomic mass is 35.5. The van der Waals surface area contributed by atoms with Crippen LogP contribution in [-0.4, -0.2) is 32.5 Å². The molecule has 0 fully saturated rings. The molecule has 1 heterocycles. The molecule has 0 bridgehead atoms. The zero-order valence-corrected chi connectivity index (χ0v) is 21.2. The van der Waals surface area contributed by atoms with E-state index in [4.69, 9.17) is 26.5 Å². The molecule has 0 aliphatic rings. The number of rotatable bonds is 10. The molecule has 1 aromatic heterocycles. The normalized spacial score (nSPS) is 11.6. The Labute approximate surface area is 215 Å². The molecule has 36 heavy (non-hydrogen) atoms. The summed E-state index contributed by atoms with van der Waals surface area (Å²) in [5.41, 5.74) is 3.80. The second-order valence-electron chi connectivity index (χ2n) is 8.43. The van der Waals surface area contributed by atoms with E-state index in [2.05, 4.69) is 16.5 Å². The zero-order valence-electron chi connectivity index (χ0n) is 20.4. The Bertz CT molecular complexity index is 1390. The number of carboxylic acids is 1. The third-order valence-corrected chi connectivity index (χ3v) is 6.18. The van der Waals surface area contributed by atoms with Gasteiger partial charge in [0.15, 0.2) is 0 Å². The van der Waals surface area contributed by atoms with Gasteiger partial charge in [-0.2, -0.15) is 9.78 Å². The average molecular weight is 505 g/mol. The molecule has 7 nitrogen and oxygen atoms in total. The molecule has 0 spiro atoms. The largest absolute Gasteiger partial charge is 0.489 e. The molecule has 8 heteroatoms. The van der Waals surface area contributed by atoms with Gasteiger partial charge < -0.3 is 9.84 Å². The number of aromatic carboxylic acids is 1. The van der Waals surface area contributed by atoms with Crippen molar-refractivity contribution in [2.75, 3.05) is 7.05 Å². The predicted molar refractivity (Wildman–Crippen MR) is 140 cm³/mol. The topological polar surface area (TPSA) is 81.6 Å². The quantitative estimate of drug-likeness (QED) is 0.308. The van der Waals surface area contributed by atoms with Gasteiger partial charge in [0.1, 0.15) is 18.2 Å². The van der Waals surface area contributed by atoms with Crippen molar-refractivity contribution < 1.29 is 14.6 Å². The first-order valence-corrected chi connectivity index (χ1v) is 12.3. The van der Waals surface area contributed by atoms with E-state index in [1.807, 2.05) is 53.2 Å². The highest BCUT2D eigenvalue weighted by molar-refractivity contribution is 6.32. The minimum Gasteiger partial charge on any atom is -0.489 e. The molecular formula is C28H29ClN4O3. The lowest BCUT2D eigenvalue weighted by Gasteiger charge is -2.10. The average Bonchev–Trinajstić information content (AvgIpc) is 3.24. The molecule has 0 saturated carbocycles. The third kappa shape index (κ3) is 5.86. The molecule has 1 N–H and O–H groups in total. The van der Waals surface area contributed by atoms with Crippen LogP contribution in [0.5, 0.6) is 5.75 Å². The highest BCUT2D eigenvalue weighted by Crippen LogP contribution is 2.19. The van der Waals surface area contributed by atoms with Crippen molar-refractivity contribution in [2.45, 2.75) is 39.3 Å². The zero-order chi connectivity index (χ0) is 25.5. The fraction of sp³-hybridized carbons (Fsp3) is 0.250. The van der Waals surface area contributed by atoms with Gasteiger partial charge in [0, 0.05) is 13.5 Å². The molecule has 0 radical (unpaired) electrons. The number of unbranched alkanes of at least 4 members (excludes halogenated alkanes) is 1.